The average Bonchev–Trinajstić information content (AvgIpc) is 2.55. The van der Waals surface area contributed by atoms with E-state index in [9.17, 15) is 19.7 Å². The highest BCUT2D eigenvalue weighted by Gasteiger charge is 2.15. The van der Waals surface area contributed by atoms with Crippen LogP contribution in [0.1, 0.15) is 10.4 Å². The first kappa shape index (κ1) is 16.4. The van der Waals surface area contributed by atoms with Gasteiger partial charge in [0, 0.05) is 11.8 Å². The Labute approximate surface area is 136 Å². The number of esters is 1. The van der Waals surface area contributed by atoms with Crippen LogP contribution in [0.4, 0.5) is 11.4 Å². The van der Waals surface area contributed by atoms with Gasteiger partial charge in [0.2, 0.25) is 0 Å². The van der Waals surface area contributed by atoms with Crippen LogP contribution in [0.25, 0.3) is 0 Å². The van der Waals surface area contributed by atoms with Crippen molar-refractivity contribution in [3.05, 3.63) is 69.2 Å². The molecule has 0 spiro atoms. The lowest BCUT2D eigenvalue weighted by Crippen LogP contribution is -2.20. The number of nitrogens with zero attached hydrogens (tertiary/aromatic N) is 1. The van der Waals surface area contributed by atoms with Crippen LogP contribution in [-0.2, 0) is 9.53 Å². The molecule has 0 aliphatic carbocycles. The molecule has 0 bridgehead atoms. The van der Waals surface area contributed by atoms with Crippen molar-refractivity contribution in [2.24, 2.45) is 0 Å². The summed E-state index contributed by atoms with van der Waals surface area (Å²) in [7, 11) is 0. The van der Waals surface area contributed by atoms with E-state index in [0.29, 0.717) is 5.56 Å². The van der Waals surface area contributed by atoms with E-state index in [1.165, 1.54) is 12.1 Å². The zero-order chi connectivity index (χ0) is 16.8. The molecule has 2 aromatic rings. The fourth-order valence-corrected chi connectivity index (χ4v) is 1.90. The molecule has 1 amide bonds. The van der Waals surface area contributed by atoms with Gasteiger partial charge < -0.3 is 10.1 Å². The van der Waals surface area contributed by atoms with E-state index in [1.54, 1.807) is 30.3 Å². The van der Waals surface area contributed by atoms with Crippen LogP contribution in [0.3, 0.4) is 0 Å². The molecule has 0 radical (unpaired) electrons. The van der Waals surface area contributed by atoms with Gasteiger partial charge in [-0.2, -0.15) is 0 Å². The minimum atomic E-state index is -0.659. The Morgan fingerprint density at radius 2 is 1.87 bits per heavy atom. The molecule has 0 saturated heterocycles. The number of benzene rings is 2. The minimum absolute atomic E-state index is 0.0384. The maximum absolute atomic E-state index is 11.7. The summed E-state index contributed by atoms with van der Waals surface area (Å²) in [6.07, 6.45) is 0. The number of carbonyl (C=O) groups excluding carboxylic acids is 2. The Morgan fingerprint density at radius 3 is 2.52 bits per heavy atom. The van der Waals surface area contributed by atoms with Crippen LogP contribution in [0.5, 0.6) is 0 Å². The first-order valence-electron chi connectivity index (χ1n) is 6.43. The van der Waals surface area contributed by atoms with Gasteiger partial charge in [0.25, 0.3) is 11.6 Å². The summed E-state index contributed by atoms with van der Waals surface area (Å²) in [4.78, 5) is 33.5. The van der Waals surface area contributed by atoms with E-state index in [2.05, 4.69) is 5.32 Å². The summed E-state index contributed by atoms with van der Waals surface area (Å²) in [6.45, 7) is -0.510. The van der Waals surface area contributed by atoms with Crippen LogP contribution < -0.4 is 5.32 Å². The largest absolute Gasteiger partial charge is 0.452 e. The average molecular weight is 335 g/mol. The van der Waals surface area contributed by atoms with Crippen LogP contribution in [-0.4, -0.2) is 23.4 Å². The van der Waals surface area contributed by atoms with E-state index in [1.807, 2.05) is 0 Å². The number of hydrogen-bond acceptors (Lipinski definition) is 5. The van der Waals surface area contributed by atoms with Gasteiger partial charge in [0.15, 0.2) is 6.61 Å². The Hall–Kier alpha value is -2.93. The molecule has 0 atom stereocenters. The lowest BCUT2D eigenvalue weighted by atomic mass is 10.2. The second-order valence-corrected chi connectivity index (χ2v) is 4.82. The van der Waals surface area contributed by atoms with Gasteiger partial charge in [-0.25, -0.2) is 4.79 Å². The molecule has 1 N–H and O–H groups in total. The van der Waals surface area contributed by atoms with Crippen molar-refractivity contribution in [2.45, 2.75) is 0 Å². The molecule has 0 saturated carbocycles. The van der Waals surface area contributed by atoms with Gasteiger partial charge in [0.1, 0.15) is 5.02 Å². The smallest absolute Gasteiger partial charge is 0.338 e. The third kappa shape index (κ3) is 4.52. The molecule has 0 heterocycles. The Kier molecular flexibility index (Phi) is 5.27. The van der Waals surface area contributed by atoms with Crippen molar-refractivity contribution in [1.29, 1.82) is 0 Å². The summed E-state index contributed by atoms with van der Waals surface area (Å²) < 4.78 is 4.85. The molecular weight excluding hydrogens is 324 g/mol. The lowest BCUT2D eigenvalue weighted by molar-refractivity contribution is -0.384. The Balaban J connectivity index is 1.94. The second-order valence-electron chi connectivity index (χ2n) is 4.41. The normalized spacial score (nSPS) is 9.96. The van der Waals surface area contributed by atoms with Crippen molar-refractivity contribution < 1.29 is 19.2 Å². The zero-order valence-corrected chi connectivity index (χ0v) is 12.4. The van der Waals surface area contributed by atoms with Crippen LogP contribution >= 0.6 is 11.6 Å². The standard InChI is InChI=1S/C15H11ClN2O5/c16-12-7-6-11(8-13(12)18(21)22)17-14(19)9-23-15(20)10-4-2-1-3-5-10/h1-8H,9H2,(H,17,19). The highest BCUT2D eigenvalue weighted by Crippen LogP contribution is 2.27. The number of anilines is 1. The Bertz CT molecular complexity index is 749. The van der Waals surface area contributed by atoms with E-state index in [-0.39, 0.29) is 16.4 Å². The highest BCUT2D eigenvalue weighted by molar-refractivity contribution is 6.32. The third-order valence-corrected chi connectivity index (χ3v) is 3.09. The fraction of sp³-hybridized carbons (Fsp3) is 0.0667. The number of amides is 1. The molecule has 23 heavy (non-hydrogen) atoms. The van der Waals surface area contributed by atoms with Crippen LogP contribution in [0.2, 0.25) is 5.02 Å². The third-order valence-electron chi connectivity index (χ3n) is 2.77. The predicted octanol–water partition coefficient (Wildman–Crippen LogP) is 3.04. The van der Waals surface area contributed by atoms with E-state index in [4.69, 9.17) is 16.3 Å². The molecule has 2 aromatic carbocycles. The first-order chi connectivity index (χ1) is 11.0. The Morgan fingerprint density at radius 1 is 1.17 bits per heavy atom. The van der Waals surface area contributed by atoms with Crippen molar-refractivity contribution >= 4 is 34.9 Å². The SMILES string of the molecule is O=C(COC(=O)c1ccccc1)Nc1ccc(Cl)c([N+](=O)[O-])c1. The number of hydrogen-bond donors (Lipinski definition) is 1. The predicted molar refractivity (Wildman–Crippen MR) is 83.5 cm³/mol. The number of rotatable bonds is 5. The van der Waals surface area contributed by atoms with Gasteiger partial charge in [-0.3, -0.25) is 14.9 Å². The molecule has 0 fully saturated rings. The first-order valence-corrected chi connectivity index (χ1v) is 6.81. The van der Waals surface area contributed by atoms with E-state index in [0.717, 1.165) is 6.07 Å². The topological polar surface area (TPSA) is 98.5 Å². The van der Waals surface area contributed by atoms with Crippen LogP contribution in [0.15, 0.2) is 48.5 Å². The summed E-state index contributed by atoms with van der Waals surface area (Å²) in [6, 6.07) is 12.0. The lowest BCUT2D eigenvalue weighted by Gasteiger charge is -2.07. The van der Waals surface area contributed by atoms with Gasteiger partial charge >= 0.3 is 5.97 Å². The monoisotopic (exact) mass is 334 g/mol. The number of halogens is 1. The number of nitro benzene ring substituents is 1. The molecular formula is C15H11ClN2O5. The summed E-state index contributed by atoms with van der Waals surface area (Å²) in [5, 5.41) is 13.1. The summed E-state index contributed by atoms with van der Waals surface area (Å²) in [5.74, 6) is -1.26. The molecule has 118 valence electrons. The van der Waals surface area contributed by atoms with Crippen LogP contribution in [0, 0.1) is 10.1 Å². The molecule has 7 nitrogen and oxygen atoms in total. The van der Waals surface area contributed by atoms with Crippen molar-refractivity contribution in [3.63, 3.8) is 0 Å². The molecule has 0 unspecified atom stereocenters. The number of ether oxygens (including phenoxy) is 1. The van der Waals surface area contributed by atoms with Crippen molar-refractivity contribution in [2.75, 3.05) is 11.9 Å². The molecule has 8 heteroatoms. The molecule has 0 aromatic heterocycles. The molecule has 2 rings (SSSR count). The maximum Gasteiger partial charge on any atom is 0.338 e. The van der Waals surface area contributed by atoms with Gasteiger partial charge in [-0.15, -0.1) is 0 Å². The number of nitrogens with one attached hydrogen (secondary N) is 1. The summed E-state index contributed by atoms with van der Waals surface area (Å²) in [5.41, 5.74) is 0.176. The maximum atomic E-state index is 11.7. The molecule has 0 aliphatic rings. The summed E-state index contributed by atoms with van der Waals surface area (Å²) >= 11 is 5.67. The number of nitro groups is 1. The fourth-order valence-electron chi connectivity index (χ4n) is 1.72. The van der Waals surface area contributed by atoms with E-state index >= 15 is 0 Å². The molecule has 0 aliphatic heterocycles. The van der Waals surface area contributed by atoms with Gasteiger partial charge in [0.05, 0.1) is 10.5 Å². The number of carbonyl (C=O) groups is 2. The second kappa shape index (κ2) is 7.37. The quantitative estimate of drug-likeness (QED) is 0.514. The van der Waals surface area contributed by atoms with Crippen molar-refractivity contribution in [3.8, 4) is 0 Å². The minimum Gasteiger partial charge on any atom is -0.452 e. The van der Waals surface area contributed by atoms with Crippen molar-refractivity contribution in [1.82, 2.24) is 0 Å². The highest BCUT2D eigenvalue weighted by atomic mass is 35.5. The van der Waals surface area contributed by atoms with Gasteiger partial charge in [-0.1, -0.05) is 29.8 Å². The van der Waals surface area contributed by atoms with Gasteiger partial charge in [-0.05, 0) is 24.3 Å². The zero-order valence-electron chi connectivity index (χ0n) is 11.7. The van der Waals surface area contributed by atoms with E-state index < -0.39 is 23.4 Å².